The van der Waals surface area contributed by atoms with Crippen molar-refractivity contribution < 1.29 is 28.7 Å². The maximum absolute atomic E-state index is 14.1. The fourth-order valence-corrected chi connectivity index (χ4v) is 1.56. The lowest BCUT2D eigenvalue weighted by Gasteiger charge is -2.38. The monoisotopic (exact) mass is 312 g/mol. The first-order valence-corrected chi connectivity index (χ1v) is 7.04. The topological polar surface area (TPSA) is 76.0 Å². The molecule has 0 aliphatic carbocycles. The summed E-state index contributed by atoms with van der Waals surface area (Å²) < 4.78 is 24.2. The minimum Gasteiger partial charge on any atom is -0.462 e. The second kappa shape index (κ2) is 6.77. The Morgan fingerprint density at radius 3 is 2.36 bits per heavy atom. The second-order valence-electron chi connectivity index (χ2n) is 6.00. The fraction of sp³-hybridized carbons (Fsp3) is 0.533. The maximum Gasteiger partial charge on any atom is 0.494 e. The van der Waals surface area contributed by atoms with Crippen LogP contribution in [-0.2, 0) is 9.39 Å². The van der Waals surface area contributed by atoms with Crippen LogP contribution in [0.4, 0.5) is 4.39 Å². The van der Waals surface area contributed by atoms with Crippen LogP contribution in [-0.4, -0.2) is 41.0 Å². The lowest BCUT2D eigenvalue weighted by atomic mass is 9.76. The average molecular weight is 312 g/mol. The molecular formula is C15H22BFO5. The third-order valence-electron chi connectivity index (χ3n) is 3.66. The Morgan fingerprint density at radius 1 is 1.32 bits per heavy atom. The van der Waals surface area contributed by atoms with Crippen molar-refractivity contribution in [3.63, 3.8) is 0 Å². The van der Waals surface area contributed by atoms with Gasteiger partial charge in [0.1, 0.15) is 5.82 Å². The third kappa shape index (κ3) is 4.28. The fourth-order valence-electron chi connectivity index (χ4n) is 1.56. The highest BCUT2D eigenvalue weighted by atomic mass is 19.1. The molecule has 0 bridgehead atoms. The molecule has 0 saturated heterocycles. The van der Waals surface area contributed by atoms with Gasteiger partial charge in [-0.05, 0) is 46.8 Å². The van der Waals surface area contributed by atoms with Crippen LogP contribution in [0.1, 0.15) is 45.0 Å². The number of aliphatic hydroxyl groups is 1. The van der Waals surface area contributed by atoms with Crippen LogP contribution >= 0.6 is 0 Å². The molecule has 0 aliphatic heterocycles. The van der Waals surface area contributed by atoms with Gasteiger partial charge in [0, 0.05) is 5.46 Å². The molecule has 0 aliphatic rings. The Bertz CT molecular complexity index is 539. The van der Waals surface area contributed by atoms with Gasteiger partial charge in [0.2, 0.25) is 0 Å². The van der Waals surface area contributed by atoms with Gasteiger partial charge in [-0.3, -0.25) is 0 Å². The first-order valence-electron chi connectivity index (χ1n) is 7.04. The van der Waals surface area contributed by atoms with Crippen molar-refractivity contribution in [2.45, 2.75) is 45.8 Å². The molecule has 7 heteroatoms. The Kier molecular flexibility index (Phi) is 5.73. The van der Waals surface area contributed by atoms with E-state index in [4.69, 9.17) is 9.39 Å². The number of rotatable bonds is 6. The zero-order valence-electron chi connectivity index (χ0n) is 13.5. The lowest BCUT2D eigenvalue weighted by molar-refractivity contribution is -0.0983. The van der Waals surface area contributed by atoms with Gasteiger partial charge in [-0.2, -0.15) is 0 Å². The zero-order chi connectivity index (χ0) is 17.1. The van der Waals surface area contributed by atoms with Crippen molar-refractivity contribution in [1.82, 2.24) is 0 Å². The van der Waals surface area contributed by atoms with E-state index in [1.807, 2.05) is 0 Å². The predicted octanol–water partition coefficient (Wildman–Crippen LogP) is 1.26. The minimum atomic E-state index is -1.57. The summed E-state index contributed by atoms with van der Waals surface area (Å²) in [5.41, 5.74) is -2.42. The first kappa shape index (κ1) is 18.6. The summed E-state index contributed by atoms with van der Waals surface area (Å²) >= 11 is 0. The van der Waals surface area contributed by atoms with Crippen LogP contribution in [0.5, 0.6) is 0 Å². The summed E-state index contributed by atoms with van der Waals surface area (Å²) in [5.74, 6) is -1.43. The van der Waals surface area contributed by atoms with Crippen molar-refractivity contribution in [3.8, 4) is 0 Å². The number of halogens is 1. The van der Waals surface area contributed by atoms with E-state index in [9.17, 15) is 19.3 Å². The standard InChI is InChI=1S/C15H22BFO5/c1-6-21-13(18)10-7-8-11(12(17)9-10)16(20)22-15(4,5)14(2,3)19/h7-9,19-20H,6H2,1-5H3. The van der Waals surface area contributed by atoms with Crippen LogP contribution in [0.3, 0.4) is 0 Å². The molecule has 1 rings (SSSR count). The zero-order valence-corrected chi connectivity index (χ0v) is 13.5. The summed E-state index contributed by atoms with van der Waals surface area (Å²) in [4.78, 5) is 11.5. The van der Waals surface area contributed by atoms with Crippen LogP contribution in [0.2, 0.25) is 0 Å². The largest absolute Gasteiger partial charge is 0.494 e. The normalized spacial score (nSPS) is 12.2. The highest BCUT2D eigenvalue weighted by molar-refractivity contribution is 6.60. The van der Waals surface area contributed by atoms with E-state index >= 15 is 0 Å². The molecule has 0 saturated carbocycles. The number of hydrogen-bond acceptors (Lipinski definition) is 5. The van der Waals surface area contributed by atoms with Gasteiger partial charge >= 0.3 is 13.1 Å². The molecule has 0 radical (unpaired) electrons. The Morgan fingerprint density at radius 2 is 1.91 bits per heavy atom. The number of ether oxygens (including phenoxy) is 1. The van der Waals surface area contributed by atoms with Crippen molar-refractivity contribution in [3.05, 3.63) is 29.6 Å². The molecule has 1 aromatic rings. The SMILES string of the molecule is CCOC(=O)c1ccc(B(O)OC(C)(C)C(C)(C)O)c(F)c1. The number of benzene rings is 1. The van der Waals surface area contributed by atoms with Crippen LogP contribution in [0, 0.1) is 5.82 Å². The summed E-state index contributed by atoms with van der Waals surface area (Å²) in [6.45, 7) is 8.06. The second-order valence-corrected chi connectivity index (χ2v) is 6.00. The van der Waals surface area contributed by atoms with E-state index in [1.165, 1.54) is 26.0 Å². The molecule has 0 aromatic heterocycles. The molecule has 22 heavy (non-hydrogen) atoms. The van der Waals surface area contributed by atoms with Gasteiger partial charge in [0.15, 0.2) is 0 Å². The highest BCUT2D eigenvalue weighted by Crippen LogP contribution is 2.25. The number of carbonyl (C=O) groups is 1. The van der Waals surface area contributed by atoms with E-state index in [2.05, 4.69) is 0 Å². The first-order chi connectivity index (χ1) is 9.99. The Balaban J connectivity index is 2.96. The third-order valence-corrected chi connectivity index (χ3v) is 3.66. The molecule has 0 atom stereocenters. The summed E-state index contributed by atoms with van der Waals surface area (Å²) in [7, 11) is -1.57. The van der Waals surface area contributed by atoms with Crippen molar-refractivity contribution in [2.75, 3.05) is 6.61 Å². The molecule has 0 unspecified atom stereocenters. The molecule has 0 heterocycles. The van der Waals surface area contributed by atoms with E-state index in [-0.39, 0.29) is 17.6 Å². The molecule has 0 spiro atoms. The molecule has 0 fully saturated rings. The quantitative estimate of drug-likeness (QED) is 0.611. The van der Waals surface area contributed by atoms with Crippen molar-refractivity contribution >= 4 is 18.6 Å². The number of carbonyl (C=O) groups excluding carboxylic acids is 1. The van der Waals surface area contributed by atoms with E-state index in [1.54, 1.807) is 20.8 Å². The van der Waals surface area contributed by atoms with Gasteiger partial charge in [-0.15, -0.1) is 0 Å². The van der Waals surface area contributed by atoms with Gasteiger partial charge in [0.05, 0.1) is 23.4 Å². The molecule has 122 valence electrons. The number of esters is 1. The summed E-state index contributed by atoms with van der Waals surface area (Å²) in [5, 5.41) is 20.0. The maximum atomic E-state index is 14.1. The van der Waals surface area contributed by atoms with Crippen LogP contribution in [0.15, 0.2) is 18.2 Å². The highest BCUT2D eigenvalue weighted by Gasteiger charge is 2.40. The molecule has 5 nitrogen and oxygen atoms in total. The van der Waals surface area contributed by atoms with E-state index in [0.29, 0.717) is 0 Å². The van der Waals surface area contributed by atoms with Gasteiger partial charge in [-0.1, -0.05) is 6.07 Å². The van der Waals surface area contributed by atoms with Gasteiger partial charge < -0.3 is 19.5 Å². The Labute approximate surface area is 130 Å². The van der Waals surface area contributed by atoms with E-state index < -0.39 is 30.1 Å². The number of hydrogen-bond donors (Lipinski definition) is 2. The smallest absolute Gasteiger partial charge is 0.462 e. The van der Waals surface area contributed by atoms with Gasteiger partial charge in [-0.25, -0.2) is 9.18 Å². The van der Waals surface area contributed by atoms with Crippen LogP contribution in [0.25, 0.3) is 0 Å². The van der Waals surface area contributed by atoms with Gasteiger partial charge in [0.25, 0.3) is 0 Å². The molecule has 1 aromatic carbocycles. The predicted molar refractivity (Wildman–Crippen MR) is 81.4 cm³/mol. The average Bonchev–Trinajstić information content (AvgIpc) is 2.36. The van der Waals surface area contributed by atoms with Crippen LogP contribution < -0.4 is 5.46 Å². The van der Waals surface area contributed by atoms with Crippen molar-refractivity contribution in [2.24, 2.45) is 0 Å². The van der Waals surface area contributed by atoms with E-state index in [0.717, 1.165) is 6.07 Å². The minimum absolute atomic E-state index is 0.0528. The van der Waals surface area contributed by atoms with Crippen molar-refractivity contribution in [1.29, 1.82) is 0 Å². The summed E-state index contributed by atoms with van der Waals surface area (Å²) in [6, 6.07) is 3.59. The molecule has 0 amide bonds. The summed E-state index contributed by atoms with van der Waals surface area (Å²) in [6.07, 6.45) is 0. The lowest BCUT2D eigenvalue weighted by Crippen LogP contribution is -2.53. The Hall–Kier alpha value is -1.44. The molecular weight excluding hydrogens is 290 g/mol. The molecule has 2 N–H and O–H groups in total.